The van der Waals surface area contributed by atoms with Crippen molar-refractivity contribution in [2.45, 2.75) is 58.0 Å². The van der Waals surface area contributed by atoms with Crippen molar-refractivity contribution in [2.75, 3.05) is 0 Å². The molecule has 1 saturated heterocycles. The first-order chi connectivity index (χ1) is 7.02. The van der Waals surface area contributed by atoms with Gasteiger partial charge in [-0.3, -0.25) is 0 Å². The minimum Gasteiger partial charge on any atom is -0.347 e. The highest BCUT2D eigenvalue weighted by Gasteiger charge is 2.46. The number of ether oxygens (including phenoxy) is 2. The summed E-state index contributed by atoms with van der Waals surface area (Å²) in [6, 6.07) is 0. The monoisotopic (exact) mass is 210 g/mol. The molecular weight excluding hydrogens is 188 g/mol. The molecule has 0 bridgehead atoms. The minimum absolute atomic E-state index is 0.295. The van der Waals surface area contributed by atoms with Crippen molar-refractivity contribution in [3.8, 4) is 0 Å². The van der Waals surface area contributed by atoms with E-state index in [9.17, 15) is 0 Å². The van der Waals surface area contributed by atoms with Crippen LogP contribution < -0.4 is 0 Å². The second-order valence-electron chi connectivity index (χ2n) is 5.43. The van der Waals surface area contributed by atoms with Crippen LogP contribution in [0.5, 0.6) is 0 Å². The van der Waals surface area contributed by atoms with Crippen LogP contribution in [0, 0.1) is 11.8 Å². The maximum Gasteiger partial charge on any atom is 0.163 e. The van der Waals surface area contributed by atoms with Gasteiger partial charge in [0, 0.05) is 6.42 Å². The van der Waals surface area contributed by atoms with Crippen molar-refractivity contribution in [3.63, 3.8) is 0 Å². The summed E-state index contributed by atoms with van der Waals surface area (Å²) >= 11 is 0. The first-order valence-electron chi connectivity index (χ1n) is 5.98. The molecule has 0 aromatic carbocycles. The van der Waals surface area contributed by atoms with E-state index in [0.717, 1.165) is 24.7 Å². The molecule has 86 valence electrons. The molecule has 2 heteroatoms. The van der Waals surface area contributed by atoms with E-state index < -0.39 is 5.79 Å². The van der Waals surface area contributed by atoms with Crippen molar-refractivity contribution < 1.29 is 9.47 Å². The first-order valence-corrected chi connectivity index (χ1v) is 5.98. The van der Waals surface area contributed by atoms with E-state index in [1.165, 1.54) is 6.42 Å². The summed E-state index contributed by atoms with van der Waals surface area (Å²) < 4.78 is 11.9. The Morgan fingerprint density at radius 1 is 1.33 bits per heavy atom. The molecule has 1 aliphatic carbocycles. The van der Waals surface area contributed by atoms with Gasteiger partial charge < -0.3 is 9.47 Å². The maximum atomic E-state index is 5.99. The number of rotatable bonds is 3. The number of hydrogen-bond donors (Lipinski definition) is 0. The molecule has 1 saturated carbocycles. The summed E-state index contributed by atoms with van der Waals surface area (Å²) in [6.45, 7) is 10.1. The van der Waals surface area contributed by atoms with Crippen LogP contribution in [0.3, 0.4) is 0 Å². The second-order valence-corrected chi connectivity index (χ2v) is 5.43. The molecule has 2 aliphatic rings. The topological polar surface area (TPSA) is 18.5 Å². The lowest BCUT2D eigenvalue weighted by atomic mass is 10.0. The average molecular weight is 210 g/mol. The van der Waals surface area contributed by atoms with Crippen LogP contribution >= 0.6 is 0 Å². The van der Waals surface area contributed by atoms with Gasteiger partial charge in [-0.15, -0.1) is 6.58 Å². The van der Waals surface area contributed by atoms with Gasteiger partial charge in [-0.05, 0) is 38.5 Å². The molecule has 0 spiro atoms. The zero-order chi connectivity index (χ0) is 11.1. The molecule has 15 heavy (non-hydrogen) atoms. The standard InChI is InChI=1S/C13H22O2/c1-5-6-10-8-12(11-7-9(11)2)15-13(3,4)14-10/h5,9-12H,1,6-8H2,2-4H3/t9-,10+,11-,12-/m1/s1. The second kappa shape index (κ2) is 3.91. The van der Waals surface area contributed by atoms with Crippen molar-refractivity contribution in [2.24, 2.45) is 11.8 Å². The molecule has 0 radical (unpaired) electrons. The van der Waals surface area contributed by atoms with E-state index in [1.54, 1.807) is 0 Å². The van der Waals surface area contributed by atoms with Gasteiger partial charge in [0.05, 0.1) is 12.2 Å². The van der Waals surface area contributed by atoms with Gasteiger partial charge in [-0.1, -0.05) is 13.0 Å². The van der Waals surface area contributed by atoms with Crippen LogP contribution in [-0.2, 0) is 9.47 Å². The van der Waals surface area contributed by atoms with Crippen LogP contribution in [-0.4, -0.2) is 18.0 Å². The highest BCUT2D eigenvalue weighted by molar-refractivity contribution is 4.94. The Labute approximate surface area is 92.6 Å². The van der Waals surface area contributed by atoms with Crippen LogP contribution in [0.2, 0.25) is 0 Å². The average Bonchev–Trinajstić information content (AvgIpc) is 2.80. The summed E-state index contributed by atoms with van der Waals surface area (Å²) in [6.07, 6.45) is 5.92. The van der Waals surface area contributed by atoms with Gasteiger partial charge in [0.2, 0.25) is 0 Å². The zero-order valence-electron chi connectivity index (χ0n) is 10.0. The van der Waals surface area contributed by atoms with Crippen LogP contribution in [0.1, 0.15) is 40.0 Å². The normalized spacial score (nSPS) is 43.7. The predicted octanol–water partition coefficient (Wildman–Crippen LogP) is 3.13. The summed E-state index contributed by atoms with van der Waals surface area (Å²) in [5, 5.41) is 0. The molecular formula is C13H22O2. The van der Waals surface area contributed by atoms with E-state index in [-0.39, 0.29) is 0 Å². The summed E-state index contributed by atoms with van der Waals surface area (Å²) in [5.41, 5.74) is 0. The summed E-state index contributed by atoms with van der Waals surface area (Å²) in [4.78, 5) is 0. The summed E-state index contributed by atoms with van der Waals surface area (Å²) in [5.74, 6) is 1.19. The predicted molar refractivity (Wildman–Crippen MR) is 60.5 cm³/mol. The Bertz CT molecular complexity index is 247. The van der Waals surface area contributed by atoms with Gasteiger partial charge in [0.15, 0.2) is 5.79 Å². The fourth-order valence-corrected chi connectivity index (χ4v) is 2.61. The van der Waals surface area contributed by atoms with Crippen molar-refractivity contribution in [1.29, 1.82) is 0 Å². The molecule has 0 N–H and O–H groups in total. The molecule has 0 aromatic rings. The van der Waals surface area contributed by atoms with E-state index in [4.69, 9.17) is 9.47 Å². The SMILES string of the molecule is C=CC[C@H]1C[C@H]([C@@H]2C[C@H]2C)OC(C)(C)O1. The Morgan fingerprint density at radius 3 is 2.53 bits per heavy atom. The quantitative estimate of drug-likeness (QED) is 0.666. The van der Waals surface area contributed by atoms with E-state index >= 15 is 0 Å². The van der Waals surface area contributed by atoms with E-state index in [0.29, 0.717) is 12.2 Å². The van der Waals surface area contributed by atoms with Crippen LogP contribution in [0.4, 0.5) is 0 Å². The first kappa shape index (κ1) is 11.2. The molecule has 2 rings (SSSR count). The molecule has 2 fully saturated rings. The van der Waals surface area contributed by atoms with Gasteiger partial charge >= 0.3 is 0 Å². The molecule has 2 nitrogen and oxygen atoms in total. The maximum absolute atomic E-state index is 5.99. The molecule has 1 heterocycles. The largest absolute Gasteiger partial charge is 0.347 e. The highest BCUT2D eigenvalue weighted by Crippen LogP contribution is 2.46. The highest BCUT2D eigenvalue weighted by atomic mass is 16.7. The van der Waals surface area contributed by atoms with Gasteiger partial charge in [-0.2, -0.15) is 0 Å². The Hall–Kier alpha value is -0.340. The smallest absolute Gasteiger partial charge is 0.163 e. The third-order valence-corrected chi connectivity index (χ3v) is 3.46. The Kier molecular flexibility index (Phi) is 2.91. The lowest BCUT2D eigenvalue weighted by Gasteiger charge is -2.41. The van der Waals surface area contributed by atoms with Crippen LogP contribution in [0.25, 0.3) is 0 Å². The molecule has 0 aromatic heterocycles. The zero-order valence-corrected chi connectivity index (χ0v) is 10.0. The fraction of sp³-hybridized carbons (Fsp3) is 0.846. The minimum atomic E-state index is -0.418. The van der Waals surface area contributed by atoms with Crippen molar-refractivity contribution in [1.82, 2.24) is 0 Å². The van der Waals surface area contributed by atoms with Gasteiger partial charge in [-0.25, -0.2) is 0 Å². The van der Waals surface area contributed by atoms with Crippen LogP contribution in [0.15, 0.2) is 12.7 Å². The van der Waals surface area contributed by atoms with E-state index in [1.807, 2.05) is 19.9 Å². The van der Waals surface area contributed by atoms with Crippen molar-refractivity contribution >= 4 is 0 Å². The number of hydrogen-bond acceptors (Lipinski definition) is 2. The molecule has 0 unspecified atom stereocenters. The fourth-order valence-electron chi connectivity index (χ4n) is 2.61. The summed E-state index contributed by atoms with van der Waals surface area (Å²) in [7, 11) is 0. The van der Waals surface area contributed by atoms with E-state index in [2.05, 4.69) is 13.5 Å². The molecule has 4 atom stereocenters. The van der Waals surface area contributed by atoms with Gasteiger partial charge in [0.25, 0.3) is 0 Å². The third kappa shape index (κ3) is 2.61. The lowest BCUT2D eigenvalue weighted by molar-refractivity contribution is -0.302. The lowest BCUT2D eigenvalue weighted by Crippen LogP contribution is -2.45. The third-order valence-electron chi connectivity index (χ3n) is 3.46. The van der Waals surface area contributed by atoms with Gasteiger partial charge in [0.1, 0.15) is 0 Å². The molecule has 0 amide bonds. The van der Waals surface area contributed by atoms with Crippen molar-refractivity contribution in [3.05, 3.63) is 12.7 Å². The Balaban J connectivity index is 1.97. The Morgan fingerprint density at radius 2 is 2.00 bits per heavy atom. The molecule has 1 aliphatic heterocycles.